The van der Waals surface area contributed by atoms with Gasteiger partial charge in [0, 0.05) is 25.7 Å². The highest BCUT2D eigenvalue weighted by Gasteiger charge is 2.29. The van der Waals surface area contributed by atoms with Gasteiger partial charge >= 0.3 is 6.03 Å². The van der Waals surface area contributed by atoms with Crippen molar-refractivity contribution in [2.45, 2.75) is 38.6 Å². The van der Waals surface area contributed by atoms with E-state index in [9.17, 15) is 4.79 Å². The maximum absolute atomic E-state index is 12.7. The minimum atomic E-state index is -0.0453. The van der Waals surface area contributed by atoms with Crippen molar-refractivity contribution in [2.24, 2.45) is 7.05 Å². The van der Waals surface area contributed by atoms with Gasteiger partial charge in [-0.1, -0.05) is 19.1 Å². The molecule has 3 rings (SSSR count). The van der Waals surface area contributed by atoms with Gasteiger partial charge in [0.2, 0.25) is 0 Å². The van der Waals surface area contributed by atoms with Gasteiger partial charge in [0.15, 0.2) is 0 Å². The Hall–Kier alpha value is -2.50. The van der Waals surface area contributed by atoms with Crippen LogP contribution in [0.2, 0.25) is 0 Å². The summed E-state index contributed by atoms with van der Waals surface area (Å²) in [5.41, 5.74) is 2.17. The predicted octanol–water partition coefficient (Wildman–Crippen LogP) is 3.23. The molecule has 134 valence electrons. The number of ether oxygens (including phenoxy) is 1. The van der Waals surface area contributed by atoms with Crippen molar-refractivity contribution in [3.05, 3.63) is 41.6 Å². The quantitative estimate of drug-likeness (QED) is 0.907. The van der Waals surface area contributed by atoms with Crippen LogP contribution in [0.1, 0.15) is 31.0 Å². The van der Waals surface area contributed by atoms with Crippen LogP contribution in [0.3, 0.4) is 0 Å². The van der Waals surface area contributed by atoms with Crippen LogP contribution in [0.25, 0.3) is 0 Å². The zero-order valence-corrected chi connectivity index (χ0v) is 15.2. The number of aryl methyl sites for hydroxylation is 2. The number of benzene rings is 1. The molecular weight excluding hydrogens is 316 g/mol. The fourth-order valence-corrected chi connectivity index (χ4v) is 3.38. The average molecular weight is 342 g/mol. The lowest BCUT2D eigenvalue weighted by Crippen LogP contribution is -2.40. The normalized spacial score (nSPS) is 16.9. The summed E-state index contributed by atoms with van der Waals surface area (Å²) in [5, 5.41) is 7.39. The van der Waals surface area contributed by atoms with Crippen molar-refractivity contribution < 1.29 is 9.53 Å². The zero-order valence-electron chi connectivity index (χ0n) is 15.2. The highest BCUT2D eigenvalue weighted by molar-refractivity contribution is 5.89. The first-order valence-electron chi connectivity index (χ1n) is 8.84. The number of carbonyl (C=O) groups excluding carboxylic acids is 1. The predicted molar refractivity (Wildman–Crippen MR) is 98.0 cm³/mol. The molecule has 2 heterocycles. The Morgan fingerprint density at radius 2 is 2.24 bits per heavy atom. The van der Waals surface area contributed by atoms with Crippen LogP contribution < -0.4 is 10.1 Å². The molecule has 0 spiro atoms. The molecule has 6 heteroatoms. The summed E-state index contributed by atoms with van der Waals surface area (Å²) in [7, 11) is 3.53. The lowest BCUT2D eigenvalue weighted by Gasteiger charge is -2.25. The molecule has 6 nitrogen and oxygen atoms in total. The van der Waals surface area contributed by atoms with Crippen LogP contribution in [-0.4, -0.2) is 40.4 Å². The van der Waals surface area contributed by atoms with Gasteiger partial charge in [-0.2, -0.15) is 5.10 Å². The first-order valence-corrected chi connectivity index (χ1v) is 8.84. The van der Waals surface area contributed by atoms with Gasteiger partial charge in [0.1, 0.15) is 11.6 Å². The number of amides is 2. The third-order valence-corrected chi connectivity index (χ3v) is 4.77. The van der Waals surface area contributed by atoms with E-state index in [1.54, 1.807) is 11.8 Å². The van der Waals surface area contributed by atoms with E-state index in [4.69, 9.17) is 4.74 Å². The van der Waals surface area contributed by atoms with Gasteiger partial charge in [-0.3, -0.25) is 10.00 Å². The molecule has 1 fully saturated rings. The number of nitrogens with one attached hydrogen (secondary N) is 1. The van der Waals surface area contributed by atoms with Crippen LogP contribution >= 0.6 is 0 Å². The maximum Gasteiger partial charge on any atom is 0.323 e. The summed E-state index contributed by atoms with van der Waals surface area (Å²) < 4.78 is 7.02. The third kappa shape index (κ3) is 3.95. The van der Waals surface area contributed by atoms with Gasteiger partial charge in [-0.15, -0.1) is 0 Å². The molecule has 1 aromatic carbocycles. The van der Waals surface area contributed by atoms with Crippen molar-refractivity contribution >= 4 is 11.8 Å². The molecule has 2 amide bonds. The number of nitrogens with zero attached hydrogens (tertiary/aromatic N) is 3. The summed E-state index contributed by atoms with van der Waals surface area (Å²) in [6, 6.07) is 10.2. The summed E-state index contributed by atoms with van der Waals surface area (Å²) in [5.74, 6) is 1.60. The highest BCUT2D eigenvalue weighted by Crippen LogP contribution is 2.24. The summed E-state index contributed by atoms with van der Waals surface area (Å²) in [6.45, 7) is 2.84. The Kier molecular flexibility index (Phi) is 5.26. The van der Waals surface area contributed by atoms with E-state index in [2.05, 4.69) is 23.4 Å². The number of urea groups is 1. The van der Waals surface area contributed by atoms with E-state index in [0.717, 1.165) is 49.5 Å². The zero-order chi connectivity index (χ0) is 17.8. The molecule has 0 bridgehead atoms. The summed E-state index contributed by atoms with van der Waals surface area (Å²) >= 11 is 0. The SMILES string of the molecule is CCc1cc(NC(=O)N2CCCC2Cc2cccc(OC)c2)n(C)n1. The first-order chi connectivity index (χ1) is 12.1. The average Bonchev–Trinajstić information content (AvgIpc) is 3.22. The summed E-state index contributed by atoms with van der Waals surface area (Å²) in [6.07, 6.45) is 3.76. The first kappa shape index (κ1) is 17.3. The second-order valence-electron chi connectivity index (χ2n) is 6.47. The number of methoxy groups -OCH3 is 1. The Bertz CT molecular complexity index is 741. The van der Waals surface area contributed by atoms with Crippen LogP contribution in [0, 0.1) is 0 Å². The van der Waals surface area contributed by atoms with E-state index in [1.165, 1.54) is 5.56 Å². The molecule has 0 radical (unpaired) electrons. The number of hydrogen-bond donors (Lipinski definition) is 1. The van der Waals surface area contributed by atoms with Gasteiger partial charge in [-0.25, -0.2) is 4.79 Å². The molecule has 1 unspecified atom stereocenters. The maximum atomic E-state index is 12.7. The van der Waals surface area contributed by atoms with Crippen LogP contribution in [-0.2, 0) is 19.9 Å². The third-order valence-electron chi connectivity index (χ3n) is 4.77. The Labute approximate surface area is 148 Å². The fourth-order valence-electron chi connectivity index (χ4n) is 3.38. The van der Waals surface area contributed by atoms with Gasteiger partial charge < -0.3 is 9.64 Å². The van der Waals surface area contributed by atoms with Crippen molar-refractivity contribution in [2.75, 3.05) is 19.0 Å². The minimum Gasteiger partial charge on any atom is -0.497 e. The molecule has 1 aliphatic heterocycles. The Balaban J connectivity index is 1.67. The summed E-state index contributed by atoms with van der Waals surface area (Å²) in [4.78, 5) is 14.7. The lowest BCUT2D eigenvalue weighted by molar-refractivity contribution is 0.206. The second-order valence-corrected chi connectivity index (χ2v) is 6.47. The Morgan fingerprint density at radius 1 is 1.40 bits per heavy atom. The van der Waals surface area contributed by atoms with E-state index in [0.29, 0.717) is 0 Å². The van der Waals surface area contributed by atoms with Gasteiger partial charge in [-0.05, 0) is 43.4 Å². The van der Waals surface area contributed by atoms with Crippen LogP contribution in [0.15, 0.2) is 30.3 Å². The number of rotatable bonds is 5. The molecule has 1 aliphatic rings. The van der Waals surface area contributed by atoms with E-state index in [-0.39, 0.29) is 12.1 Å². The van der Waals surface area contributed by atoms with Crippen LogP contribution in [0.4, 0.5) is 10.6 Å². The molecule has 0 aliphatic carbocycles. The number of likely N-dealkylation sites (tertiary alicyclic amines) is 1. The minimum absolute atomic E-state index is 0.0453. The smallest absolute Gasteiger partial charge is 0.323 e. The largest absolute Gasteiger partial charge is 0.497 e. The standard InChI is InChI=1S/C19H26N4O2/c1-4-15-13-18(22(2)21-15)20-19(24)23-10-6-8-16(23)11-14-7-5-9-17(12-14)25-3/h5,7,9,12-13,16H,4,6,8,10-11H2,1-3H3,(H,20,24). The second kappa shape index (κ2) is 7.59. The molecular formula is C19H26N4O2. The number of carbonyl (C=O) groups is 1. The number of anilines is 1. The van der Waals surface area contributed by atoms with Crippen LogP contribution in [0.5, 0.6) is 5.75 Å². The Morgan fingerprint density at radius 3 is 2.96 bits per heavy atom. The van der Waals surface area contributed by atoms with Crippen molar-refractivity contribution in [1.82, 2.24) is 14.7 Å². The molecule has 2 aromatic rings. The number of hydrogen-bond acceptors (Lipinski definition) is 3. The topological polar surface area (TPSA) is 59.4 Å². The highest BCUT2D eigenvalue weighted by atomic mass is 16.5. The van der Waals surface area contributed by atoms with E-state index >= 15 is 0 Å². The van der Waals surface area contributed by atoms with Gasteiger partial charge in [0.05, 0.1) is 12.8 Å². The number of aromatic nitrogens is 2. The van der Waals surface area contributed by atoms with E-state index < -0.39 is 0 Å². The van der Waals surface area contributed by atoms with Crippen molar-refractivity contribution in [3.63, 3.8) is 0 Å². The van der Waals surface area contributed by atoms with Crippen molar-refractivity contribution in [1.29, 1.82) is 0 Å². The molecule has 25 heavy (non-hydrogen) atoms. The molecule has 0 saturated carbocycles. The van der Waals surface area contributed by atoms with Gasteiger partial charge in [0.25, 0.3) is 0 Å². The monoisotopic (exact) mass is 342 g/mol. The van der Waals surface area contributed by atoms with E-state index in [1.807, 2.05) is 36.2 Å². The molecule has 1 N–H and O–H groups in total. The lowest BCUT2D eigenvalue weighted by atomic mass is 10.0. The fraction of sp³-hybridized carbons (Fsp3) is 0.474. The molecule has 1 aromatic heterocycles. The molecule has 1 saturated heterocycles. The molecule has 1 atom stereocenters. The van der Waals surface area contributed by atoms with Crippen molar-refractivity contribution in [3.8, 4) is 5.75 Å².